The highest BCUT2D eigenvalue weighted by molar-refractivity contribution is 7.80. The molecule has 1 aromatic heterocycles. The van der Waals surface area contributed by atoms with Gasteiger partial charge in [0.05, 0.1) is 13.3 Å². The summed E-state index contributed by atoms with van der Waals surface area (Å²) in [5, 5.41) is 7.47. The third kappa shape index (κ3) is 4.33. The number of benzene rings is 1. The maximum absolute atomic E-state index is 5.14. The number of aromatic nitrogens is 1. The van der Waals surface area contributed by atoms with Crippen LogP contribution in [0.5, 0.6) is 5.75 Å². The molecule has 0 unspecified atom stereocenters. The molecule has 0 fully saturated rings. The lowest BCUT2D eigenvalue weighted by Gasteiger charge is -2.08. The Morgan fingerprint density at radius 3 is 2.85 bits per heavy atom. The lowest BCUT2D eigenvalue weighted by atomic mass is 10.3. The molecule has 0 aliphatic rings. The van der Waals surface area contributed by atoms with Crippen molar-refractivity contribution in [3.05, 3.63) is 54.4 Å². The third-order valence-electron chi connectivity index (χ3n) is 2.41. The molecule has 0 saturated carbocycles. The summed E-state index contributed by atoms with van der Waals surface area (Å²) in [5.41, 5.74) is 4.52. The van der Waals surface area contributed by atoms with Crippen LogP contribution >= 0.6 is 12.2 Å². The first-order valence-corrected chi connectivity index (χ1v) is 6.33. The van der Waals surface area contributed by atoms with Crippen LogP contribution in [0.25, 0.3) is 0 Å². The van der Waals surface area contributed by atoms with Gasteiger partial charge in [-0.15, -0.1) is 0 Å². The number of rotatable bonds is 4. The molecule has 0 aliphatic heterocycles. The van der Waals surface area contributed by atoms with Crippen molar-refractivity contribution < 1.29 is 4.74 Å². The molecule has 2 rings (SSSR count). The summed E-state index contributed by atoms with van der Waals surface area (Å²) in [6.45, 7) is 0. The number of hydrogen-bond donors (Lipinski definition) is 2. The van der Waals surface area contributed by atoms with Crippen molar-refractivity contribution in [3.63, 3.8) is 0 Å². The van der Waals surface area contributed by atoms with E-state index >= 15 is 0 Å². The fraction of sp³-hybridized carbons (Fsp3) is 0.0714. The van der Waals surface area contributed by atoms with Gasteiger partial charge in [-0.25, -0.2) is 0 Å². The van der Waals surface area contributed by atoms with Crippen molar-refractivity contribution in [1.82, 2.24) is 10.4 Å². The van der Waals surface area contributed by atoms with Crippen LogP contribution in [-0.4, -0.2) is 23.4 Å². The van der Waals surface area contributed by atoms with Crippen LogP contribution in [0, 0.1) is 0 Å². The zero-order valence-corrected chi connectivity index (χ0v) is 11.7. The van der Waals surface area contributed by atoms with Crippen molar-refractivity contribution in [2.24, 2.45) is 5.10 Å². The summed E-state index contributed by atoms with van der Waals surface area (Å²) in [5.74, 6) is 0.762. The largest absolute Gasteiger partial charge is 0.497 e. The molecule has 2 N–H and O–H groups in total. The summed E-state index contributed by atoms with van der Waals surface area (Å²) in [4.78, 5) is 3.93. The Morgan fingerprint density at radius 2 is 2.10 bits per heavy atom. The smallest absolute Gasteiger partial charge is 0.191 e. The summed E-state index contributed by atoms with van der Waals surface area (Å²) >= 11 is 5.14. The number of hydrogen-bond acceptors (Lipinski definition) is 4. The van der Waals surface area contributed by atoms with Crippen molar-refractivity contribution in [3.8, 4) is 5.75 Å². The lowest BCUT2D eigenvalue weighted by molar-refractivity contribution is 0.415. The Morgan fingerprint density at radius 1 is 1.30 bits per heavy atom. The Hall–Kier alpha value is -2.47. The van der Waals surface area contributed by atoms with Crippen LogP contribution in [-0.2, 0) is 0 Å². The number of ether oxygens (including phenoxy) is 1. The van der Waals surface area contributed by atoms with Gasteiger partial charge < -0.3 is 10.1 Å². The second-order valence-corrected chi connectivity index (χ2v) is 4.24. The first-order valence-electron chi connectivity index (χ1n) is 5.92. The fourth-order valence-electron chi connectivity index (χ4n) is 1.47. The molecule has 0 atom stereocenters. The molecule has 0 radical (unpaired) electrons. The highest BCUT2D eigenvalue weighted by Gasteiger charge is 1.97. The minimum absolute atomic E-state index is 0.406. The fourth-order valence-corrected chi connectivity index (χ4v) is 1.65. The Labute approximate surface area is 122 Å². The summed E-state index contributed by atoms with van der Waals surface area (Å²) < 4.78 is 5.14. The topological polar surface area (TPSA) is 58.5 Å². The minimum Gasteiger partial charge on any atom is -0.497 e. The van der Waals surface area contributed by atoms with E-state index in [0.717, 1.165) is 17.0 Å². The van der Waals surface area contributed by atoms with Crippen molar-refractivity contribution in [2.75, 3.05) is 12.4 Å². The molecular formula is C14H14N4OS. The SMILES string of the molecule is COc1cccc(NC(=S)N/N=C\c2ccncc2)c1. The molecule has 0 aliphatic carbocycles. The number of hydrazone groups is 1. The zero-order chi connectivity index (χ0) is 14.2. The highest BCUT2D eigenvalue weighted by atomic mass is 32.1. The maximum Gasteiger partial charge on any atom is 0.191 e. The average Bonchev–Trinajstić information content (AvgIpc) is 2.48. The minimum atomic E-state index is 0.406. The number of thiocarbonyl (C=S) groups is 1. The van der Waals surface area contributed by atoms with Crippen LogP contribution in [0.1, 0.15) is 5.56 Å². The maximum atomic E-state index is 5.14. The standard InChI is InChI=1S/C14H14N4OS/c1-19-13-4-2-3-12(9-13)17-14(20)18-16-10-11-5-7-15-8-6-11/h2-10H,1H3,(H2,17,18,20)/b16-10-. The highest BCUT2D eigenvalue weighted by Crippen LogP contribution is 2.16. The number of pyridine rings is 1. The molecule has 0 bridgehead atoms. The van der Waals surface area contributed by atoms with Crippen molar-refractivity contribution in [2.45, 2.75) is 0 Å². The van der Waals surface area contributed by atoms with Crippen LogP contribution in [0.4, 0.5) is 5.69 Å². The molecule has 0 amide bonds. The van der Waals surface area contributed by atoms with Gasteiger partial charge in [0.2, 0.25) is 0 Å². The van der Waals surface area contributed by atoms with E-state index in [-0.39, 0.29) is 0 Å². The summed E-state index contributed by atoms with van der Waals surface area (Å²) in [6.07, 6.45) is 5.07. The molecule has 1 aromatic carbocycles. The number of nitrogens with one attached hydrogen (secondary N) is 2. The van der Waals surface area contributed by atoms with E-state index in [1.165, 1.54) is 0 Å². The quantitative estimate of drug-likeness (QED) is 0.513. The van der Waals surface area contributed by atoms with Crippen molar-refractivity contribution in [1.29, 1.82) is 0 Å². The third-order valence-corrected chi connectivity index (χ3v) is 2.61. The molecule has 20 heavy (non-hydrogen) atoms. The molecule has 6 heteroatoms. The van der Waals surface area contributed by atoms with Gasteiger partial charge in [-0.2, -0.15) is 5.10 Å². The van der Waals surface area contributed by atoms with Gasteiger partial charge in [0.1, 0.15) is 5.75 Å². The van der Waals surface area contributed by atoms with E-state index in [1.54, 1.807) is 25.7 Å². The zero-order valence-electron chi connectivity index (χ0n) is 10.9. The van der Waals surface area contributed by atoms with Crippen LogP contribution in [0.15, 0.2) is 53.9 Å². The van der Waals surface area contributed by atoms with Gasteiger partial charge >= 0.3 is 0 Å². The van der Waals surface area contributed by atoms with Gasteiger partial charge in [0, 0.05) is 24.1 Å². The lowest BCUT2D eigenvalue weighted by Crippen LogP contribution is -2.23. The second kappa shape index (κ2) is 7.20. The molecule has 5 nitrogen and oxygen atoms in total. The van der Waals surface area contributed by atoms with Crippen LogP contribution < -0.4 is 15.5 Å². The van der Waals surface area contributed by atoms with Crippen LogP contribution in [0.3, 0.4) is 0 Å². The average molecular weight is 286 g/mol. The van der Waals surface area contributed by atoms with E-state index in [0.29, 0.717) is 5.11 Å². The monoisotopic (exact) mass is 286 g/mol. The number of nitrogens with zero attached hydrogens (tertiary/aromatic N) is 2. The molecule has 102 valence electrons. The molecule has 2 aromatic rings. The van der Waals surface area contributed by atoms with Crippen LogP contribution in [0.2, 0.25) is 0 Å². The predicted octanol–water partition coefficient (Wildman–Crippen LogP) is 2.41. The first-order chi connectivity index (χ1) is 9.78. The molecule has 1 heterocycles. The Balaban J connectivity index is 1.88. The number of anilines is 1. The molecule has 0 saturated heterocycles. The summed E-state index contributed by atoms with van der Waals surface area (Å²) in [7, 11) is 1.62. The Kier molecular flexibility index (Phi) is 5.02. The van der Waals surface area contributed by atoms with Crippen molar-refractivity contribution >= 4 is 29.2 Å². The van der Waals surface area contributed by atoms with E-state index in [2.05, 4.69) is 20.8 Å². The van der Waals surface area contributed by atoms with E-state index in [1.807, 2.05) is 36.4 Å². The van der Waals surface area contributed by atoms with Gasteiger partial charge in [0.25, 0.3) is 0 Å². The van der Waals surface area contributed by atoms with Gasteiger partial charge in [0.15, 0.2) is 5.11 Å². The molecular weight excluding hydrogens is 272 g/mol. The molecule has 0 spiro atoms. The Bertz CT molecular complexity index is 601. The second-order valence-electron chi connectivity index (χ2n) is 3.84. The van der Waals surface area contributed by atoms with E-state index < -0.39 is 0 Å². The number of methoxy groups -OCH3 is 1. The van der Waals surface area contributed by atoms with Gasteiger partial charge in [-0.05, 0) is 42.0 Å². The first kappa shape index (κ1) is 14.0. The van der Waals surface area contributed by atoms with E-state index in [9.17, 15) is 0 Å². The normalized spacial score (nSPS) is 10.2. The van der Waals surface area contributed by atoms with Gasteiger partial charge in [-0.1, -0.05) is 6.07 Å². The van der Waals surface area contributed by atoms with Gasteiger partial charge in [-0.3, -0.25) is 10.4 Å². The predicted molar refractivity (Wildman–Crippen MR) is 84.2 cm³/mol. The summed E-state index contributed by atoms with van der Waals surface area (Å²) in [6, 6.07) is 11.2. The van der Waals surface area contributed by atoms with E-state index in [4.69, 9.17) is 17.0 Å².